The fraction of sp³-hybridized carbons (Fsp3) is 0.154. The Balaban J connectivity index is 1.95. The molecular formula is C26H22ClNO4. The number of anilines is 1. The third-order valence-electron chi connectivity index (χ3n) is 5.34. The van der Waals surface area contributed by atoms with Crippen molar-refractivity contribution in [2.24, 2.45) is 0 Å². The van der Waals surface area contributed by atoms with Crippen LogP contribution in [0.2, 0.25) is 5.02 Å². The van der Waals surface area contributed by atoms with Crippen LogP contribution in [0.4, 0.5) is 5.69 Å². The van der Waals surface area contributed by atoms with Gasteiger partial charge < -0.3 is 9.84 Å². The molecule has 6 heteroatoms. The minimum atomic E-state index is -0.801. The van der Waals surface area contributed by atoms with Crippen LogP contribution in [-0.4, -0.2) is 23.4 Å². The Bertz CT molecular complexity index is 1220. The molecule has 1 atom stereocenters. The van der Waals surface area contributed by atoms with Crippen LogP contribution in [0.1, 0.15) is 29.7 Å². The molecule has 3 aromatic rings. The first-order chi connectivity index (χ1) is 15.4. The fourth-order valence-electron chi connectivity index (χ4n) is 3.91. The van der Waals surface area contributed by atoms with E-state index in [4.69, 9.17) is 16.3 Å². The average Bonchev–Trinajstić information content (AvgIpc) is 3.06. The maximum absolute atomic E-state index is 13.2. The first-order valence-electron chi connectivity index (χ1n) is 10.3. The van der Waals surface area contributed by atoms with Crippen molar-refractivity contribution in [1.29, 1.82) is 0 Å². The SMILES string of the molecule is CCOc1ccc(Cl)c(/C(O)=C2\C(=O)C(=O)N(c3cccc(C)c3)C2c2ccccc2)c1. The highest BCUT2D eigenvalue weighted by Gasteiger charge is 2.47. The van der Waals surface area contributed by atoms with Gasteiger partial charge in [0.05, 0.1) is 23.2 Å². The number of halogens is 1. The van der Waals surface area contributed by atoms with Gasteiger partial charge in [0, 0.05) is 11.3 Å². The summed E-state index contributed by atoms with van der Waals surface area (Å²) in [5, 5.41) is 11.5. The van der Waals surface area contributed by atoms with Gasteiger partial charge >= 0.3 is 0 Å². The van der Waals surface area contributed by atoms with Crippen LogP contribution in [-0.2, 0) is 9.59 Å². The molecule has 1 saturated heterocycles. The molecule has 0 saturated carbocycles. The Hall–Kier alpha value is -3.57. The molecule has 0 radical (unpaired) electrons. The second-order valence-electron chi connectivity index (χ2n) is 7.49. The number of carbonyl (C=O) groups is 2. The van der Waals surface area contributed by atoms with Crippen molar-refractivity contribution in [3.8, 4) is 5.75 Å². The molecule has 0 bridgehead atoms. The molecule has 0 aromatic heterocycles. The van der Waals surface area contributed by atoms with E-state index in [1.54, 1.807) is 24.3 Å². The van der Waals surface area contributed by atoms with E-state index < -0.39 is 17.7 Å². The van der Waals surface area contributed by atoms with E-state index in [0.29, 0.717) is 23.6 Å². The topological polar surface area (TPSA) is 66.8 Å². The Morgan fingerprint density at radius 2 is 1.78 bits per heavy atom. The minimum absolute atomic E-state index is 0.0155. The monoisotopic (exact) mass is 447 g/mol. The van der Waals surface area contributed by atoms with E-state index in [0.717, 1.165) is 5.56 Å². The van der Waals surface area contributed by atoms with Gasteiger partial charge in [-0.3, -0.25) is 14.5 Å². The van der Waals surface area contributed by atoms with Gasteiger partial charge in [0.2, 0.25) is 0 Å². The van der Waals surface area contributed by atoms with Crippen LogP contribution in [0.3, 0.4) is 0 Å². The molecule has 162 valence electrons. The lowest BCUT2D eigenvalue weighted by Crippen LogP contribution is -2.29. The minimum Gasteiger partial charge on any atom is -0.507 e. The molecule has 1 N–H and O–H groups in total. The van der Waals surface area contributed by atoms with Crippen LogP contribution in [0, 0.1) is 6.92 Å². The number of carbonyl (C=O) groups excluding carboxylic acids is 2. The molecule has 0 spiro atoms. The summed E-state index contributed by atoms with van der Waals surface area (Å²) >= 11 is 6.36. The van der Waals surface area contributed by atoms with Gasteiger partial charge in [0.1, 0.15) is 11.5 Å². The lowest BCUT2D eigenvalue weighted by molar-refractivity contribution is -0.132. The fourth-order valence-corrected chi connectivity index (χ4v) is 4.12. The number of hydrogen-bond donors (Lipinski definition) is 1. The van der Waals surface area contributed by atoms with E-state index in [2.05, 4.69) is 0 Å². The second kappa shape index (κ2) is 8.89. The van der Waals surface area contributed by atoms with Crippen molar-refractivity contribution < 1.29 is 19.4 Å². The quantitative estimate of drug-likeness (QED) is 0.310. The van der Waals surface area contributed by atoms with Gasteiger partial charge in [-0.1, -0.05) is 54.1 Å². The molecule has 4 rings (SSSR count). The Morgan fingerprint density at radius 3 is 2.47 bits per heavy atom. The summed E-state index contributed by atoms with van der Waals surface area (Å²) in [6, 6.07) is 20.6. The molecule has 0 aliphatic carbocycles. The molecule has 1 amide bonds. The second-order valence-corrected chi connectivity index (χ2v) is 7.90. The first kappa shape index (κ1) is 21.7. The van der Waals surface area contributed by atoms with Gasteiger partial charge in [-0.05, 0) is 55.3 Å². The first-order valence-corrected chi connectivity index (χ1v) is 10.7. The molecular weight excluding hydrogens is 426 g/mol. The number of amides is 1. The number of aliphatic hydroxyl groups excluding tert-OH is 1. The van der Waals surface area contributed by atoms with Crippen molar-refractivity contribution in [2.75, 3.05) is 11.5 Å². The highest BCUT2D eigenvalue weighted by atomic mass is 35.5. The number of nitrogens with zero attached hydrogens (tertiary/aromatic N) is 1. The molecule has 1 heterocycles. The van der Waals surface area contributed by atoms with Crippen LogP contribution in [0.15, 0.2) is 78.4 Å². The van der Waals surface area contributed by atoms with Crippen molar-refractivity contribution in [3.63, 3.8) is 0 Å². The number of aliphatic hydroxyl groups is 1. The molecule has 1 unspecified atom stereocenters. The molecule has 32 heavy (non-hydrogen) atoms. The average molecular weight is 448 g/mol. The standard InChI is InChI=1S/C26H22ClNO4/c1-3-32-19-12-13-21(27)20(15-19)24(29)22-23(17-9-5-4-6-10-17)28(26(31)25(22)30)18-11-7-8-16(2)14-18/h4-15,23,29H,3H2,1-2H3/b24-22+. The van der Waals surface area contributed by atoms with Crippen LogP contribution < -0.4 is 9.64 Å². The predicted molar refractivity (Wildman–Crippen MR) is 125 cm³/mol. The van der Waals surface area contributed by atoms with Gasteiger partial charge in [-0.15, -0.1) is 0 Å². The number of rotatable bonds is 5. The summed E-state index contributed by atoms with van der Waals surface area (Å²) in [5.41, 5.74) is 2.45. The molecule has 5 nitrogen and oxygen atoms in total. The highest BCUT2D eigenvalue weighted by molar-refractivity contribution is 6.52. The summed E-state index contributed by atoms with van der Waals surface area (Å²) < 4.78 is 5.52. The normalized spacial score (nSPS) is 17.6. The summed E-state index contributed by atoms with van der Waals surface area (Å²) in [6.45, 7) is 4.19. The molecule has 3 aromatic carbocycles. The number of ether oxygens (including phenoxy) is 1. The molecule has 1 aliphatic rings. The van der Waals surface area contributed by atoms with E-state index >= 15 is 0 Å². The zero-order valence-electron chi connectivity index (χ0n) is 17.7. The Morgan fingerprint density at radius 1 is 1.03 bits per heavy atom. The number of aryl methyl sites for hydroxylation is 1. The van der Waals surface area contributed by atoms with Gasteiger partial charge in [-0.25, -0.2) is 0 Å². The third kappa shape index (κ3) is 3.87. The number of hydrogen-bond acceptors (Lipinski definition) is 4. The van der Waals surface area contributed by atoms with Crippen molar-refractivity contribution in [1.82, 2.24) is 0 Å². The van der Waals surface area contributed by atoms with Gasteiger partial charge in [0.15, 0.2) is 0 Å². The Labute approximate surface area is 191 Å². The van der Waals surface area contributed by atoms with Crippen molar-refractivity contribution in [2.45, 2.75) is 19.9 Å². The summed E-state index contributed by atoms with van der Waals surface area (Å²) in [6.07, 6.45) is 0. The zero-order chi connectivity index (χ0) is 22.8. The maximum Gasteiger partial charge on any atom is 0.300 e. The van der Waals surface area contributed by atoms with Crippen molar-refractivity contribution >= 4 is 34.7 Å². The van der Waals surface area contributed by atoms with E-state index in [1.807, 2.05) is 62.4 Å². The van der Waals surface area contributed by atoms with Crippen LogP contribution in [0.5, 0.6) is 5.75 Å². The largest absolute Gasteiger partial charge is 0.507 e. The highest BCUT2D eigenvalue weighted by Crippen LogP contribution is 2.43. The number of ketones is 1. The third-order valence-corrected chi connectivity index (χ3v) is 5.67. The number of Topliss-reactive ketones (excluding diaryl/α,β-unsaturated/α-hetero) is 1. The van der Waals surface area contributed by atoms with Crippen LogP contribution >= 0.6 is 11.6 Å². The van der Waals surface area contributed by atoms with E-state index in [9.17, 15) is 14.7 Å². The van der Waals surface area contributed by atoms with Gasteiger partial charge in [-0.2, -0.15) is 0 Å². The number of benzene rings is 3. The maximum atomic E-state index is 13.2. The smallest absolute Gasteiger partial charge is 0.300 e. The Kier molecular flexibility index (Phi) is 6.01. The zero-order valence-corrected chi connectivity index (χ0v) is 18.5. The molecule has 1 aliphatic heterocycles. The summed E-state index contributed by atoms with van der Waals surface area (Å²) in [7, 11) is 0. The predicted octanol–water partition coefficient (Wildman–Crippen LogP) is 5.67. The van der Waals surface area contributed by atoms with Crippen molar-refractivity contribution in [3.05, 3.63) is 100 Å². The van der Waals surface area contributed by atoms with Gasteiger partial charge in [0.25, 0.3) is 11.7 Å². The summed E-state index contributed by atoms with van der Waals surface area (Å²) in [4.78, 5) is 27.8. The summed E-state index contributed by atoms with van der Waals surface area (Å²) in [5.74, 6) is -1.31. The lowest BCUT2D eigenvalue weighted by atomic mass is 9.95. The van der Waals surface area contributed by atoms with Crippen LogP contribution in [0.25, 0.3) is 5.76 Å². The lowest BCUT2D eigenvalue weighted by Gasteiger charge is -2.25. The molecule has 1 fully saturated rings. The van der Waals surface area contributed by atoms with E-state index in [1.165, 1.54) is 4.90 Å². The van der Waals surface area contributed by atoms with E-state index in [-0.39, 0.29) is 21.9 Å².